The number of hydrogen-bond donors (Lipinski definition) is 2. The maximum Gasteiger partial charge on any atom is 0.416 e. The molecule has 3 nitrogen and oxygen atoms in total. The molecule has 0 heterocycles. The number of carbonyl (C=O) groups is 1. The zero-order chi connectivity index (χ0) is 11.6. The largest absolute Gasteiger partial charge is 0.416 e. The molecule has 0 fully saturated rings. The van der Waals surface area contributed by atoms with Crippen molar-refractivity contribution < 1.29 is 18.0 Å². The van der Waals surface area contributed by atoms with E-state index in [1.165, 1.54) is 6.07 Å². The van der Waals surface area contributed by atoms with E-state index in [1.54, 1.807) is 6.92 Å². The van der Waals surface area contributed by atoms with Crippen LogP contribution in [-0.2, 0) is 6.18 Å². The van der Waals surface area contributed by atoms with Crippen LogP contribution in [0.4, 0.5) is 23.7 Å². The molecule has 0 aliphatic heterocycles. The monoisotopic (exact) mass is 218 g/mol. The minimum atomic E-state index is -4.43. The normalized spacial score (nSPS) is 11.2. The lowest BCUT2D eigenvalue weighted by Crippen LogP contribution is -2.20. The molecule has 1 rings (SSSR count). The molecule has 3 N–H and O–H groups in total. The molecule has 0 atom stereocenters. The van der Waals surface area contributed by atoms with Crippen molar-refractivity contribution in [3.8, 4) is 0 Å². The average Bonchev–Trinajstić information content (AvgIpc) is 2.06. The van der Waals surface area contributed by atoms with Crippen LogP contribution < -0.4 is 11.1 Å². The summed E-state index contributed by atoms with van der Waals surface area (Å²) >= 11 is 0. The summed E-state index contributed by atoms with van der Waals surface area (Å²) in [4.78, 5) is 10.5. The fourth-order valence-electron chi connectivity index (χ4n) is 1.07. The van der Waals surface area contributed by atoms with Gasteiger partial charge in [0.05, 0.1) is 5.56 Å². The number of rotatable bonds is 1. The number of alkyl halides is 3. The smallest absolute Gasteiger partial charge is 0.351 e. The Kier molecular flexibility index (Phi) is 2.88. The van der Waals surface area contributed by atoms with Gasteiger partial charge >= 0.3 is 12.2 Å². The zero-order valence-electron chi connectivity index (χ0n) is 7.85. The Morgan fingerprint density at radius 2 is 2.00 bits per heavy atom. The summed E-state index contributed by atoms with van der Waals surface area (Å²) in [6.07, 6.45) is -4.43. The van der Waals surface area contributed by atoms with Crippen molar-refractivity contribution in [2.24, 2.45) is 5.73 Å². The van der Waals surface area contributed by atoms with E-state index in [4.69, 9.17) is 5.73 Å². The first-order chi connectivity index (χ1) is 6.80. The number of amides is 2. The molecule has 0 aliphatic rings. The molecule has 82 valence electrons. The number of halogens is 3. The minimum Gasteiger partial charge on any atom is -0.351 e. The zero-order valence-corrected chi connectivity index (χ0v) is 7.85. The number of hydrogen-bond acceptors (Lipinski definition) is 1. The van der Waals surface area contributed by atoms with Crippen LogP contribution in [0.2, 0.25) is 0 Å². The van der Waals surface area contributed by atoms with Gasteiger partial charge in [0.2, 0.25) is 0 Å². The summed E-state index contributed by atoms with van der Waals surface area (Å²) < 4.78 is 36.9. The van der Waals surface area contributed by atoms with Gasteiger partial charge in [0, 0.05) is 5.69 Å². The molecule has 0 bridgehead atoms. The van der Waals surface area contributed by atoms with Crippen molar-refractivity contribution in [3.63, 3.8) is 0 Å². The van der Waals surface area contributed by atoms with E-state index in [2.05, 4.69) is 5.32 Å². The van der Waals surface area contributed by atoms with Crippen LogP contribution in [0.15, 0.2) is 18.2 Å². The number of benzene rings is 1. The van der Waals surface area contributed by atoms with Gasteiger partial charge in [-0.25, -0.2) is 4.79 Å². The lowest BCUT2D eigenvalue weighted by atomic mass is 10.1. The number of nitrogens with two attached hydrogens (primary N) is 1. The van der Waals surface area contributed by atoms with Gasteiger partial charge in [-0.15, -0.1) is 0 Å². The van der Waals surface area contributed by atoms with Crippen LogP contribution in [0, 0.1) is 6.92 Å². The van der Waals surface area contributed by atoms with Gasteiger partial charge in [0.25, 0.3) is 0 Å². The fourth-order valence-corrected chi connectivity index (χ4v) is 1.07. The van der Waals surface area contributed by atoms with E-state index in [0.29, 0.717) is 5.56 Å². The molecule has 0 saturated heterocycles. The van der Waals surface area contributed by atoms with E-state index in [1.807, 2.05) is 0 Å². The Labute approximate surface area is 84.1 Å². The lowest BCUT2D eigenvalue weighted by Gasteiger charge is -2.11. The van der Waals surface area contributed by atoms with Crippen molar-refractivity contribution in [1.82, 2.24) is 0 Å². The SMILES string of the molecule is Cc1ccc(C(F)(F)F)cc1NC(N)=O. The third-order valence-corrected chi connectivity index (χ3v) is 1.82. The molecule has 6 heteroatoms. The average molecular weight is 218 g/mol. The molecule has 0 unspecified atom stereocenters. The molecule has 15 heavy (non-hydrogen) atoms. The van der Waals surface area contributed by atoms with Crippen LogP contribution in [-0.4, -0.2) is 6.03 Å². The maximum atomic E-state index is 12.3. The second kappa shape index (κ2) is 3.80. The molecule has 0 aromatic heterocycles. The fraction of sp³-hybridized carbons (Fsp3) is 0.222. The topological polar surface area (TPSA) is 55.1 Å². The van der Waals surface area contributed by atoms with Crippen LogP contribution in [0.3, 0.4) is 0 Å². The summed E-state index contributed by atoms with van der Waals surface area (Å²) in [7, 11) is 0. The third kappa shape index (κ3) is 2.87. The van der Waals surface area contributed by atoms with E-state index in [0.717, 1.165) is 12.1 Å². The molecule has 0 spiro atoms. The van der Waals surface area contributed by atoms with Crippen LogP contribution in [0.1, 0.15) is 11.1 Å². The van der Waals surface area contributed by atoms with Crippen molar-refractivity contribution in [2.45, 2.75) is 13.1 Å². The summed E-state index contributed by atoms with van der Waals surface area (Å²) in [5.41, 5.74) is 4.58. The molecule has 0 saturated carbocycles. The Morgan fingerprint density at radius 3 is 2.47 bits per heavy atom. The van der Waals surface area contributed by atoms with E-state index in [9.17, 15) is 18.0 Å². The minimum absolute atomic E-state index is 0.0670. The standard InChI is InChI=1S/C9H9F3N2O/c1-5-2-3-6(9(10,11)12)4-7(5)14-8(13)15/h2-4H,1H3,(H3,13,14,15). The van der Waals surface area contributed by atoms with E-state index < -0.39 is 17.8 Å². The molecule has 1 aromatic carbocycles. The second-order valence-corrected chi connectivity index (χ2v) is 3.02. The highest BCUT2D eigenvalue weighted by Crippen LogP contribution is 2.31. The number of aryl methyl sites for hydroxylation is 1. The number of primary amides is 1. The van der Waals surface area contributed by atoms with Gasteiger partial charge in [0.15, 0.2) is 0 Å². The van der Waals surface area contributed by atoms with Gasteiger partial charge in [0.1, 0.15) is 0 Å². The Hall–Kier alpha value is -1.72. The third-order valence-electron chi connectivity index (χ3n) is 1.82. The summed E-state index contributed by atoms with van der Waals surface area (Å²) in [6, 6.07) is 2.17. The van der Waals surface area contributed by atoms with Crippen molar-refractivity contribution >= 4 is 11.7 Å². The predicted molar refractivity (Wildman–Crippen MR) is 49.4 cm³/mol. The van der Waals surface area contributed by atoms with Gasteiger partial charge in [-0.1, -0.05) is 6.07 Å². The first-order valence-corrected chi connectivity index (χ1v) is 4.05. The lowest BCUT2D eigenvalue weighted by molar-refractivity contribution is -0.137. The summed E-state index contributed by atoms with van der Waals surface area (Å²) in [5.74, 6) is 0. The van der Waals surface area contributed by atoms with Gasteiger partial charge in [-0.3, -0.25) is 0 Å². The van der Waals surface area contributed by atoms with Gasteiger partial charge in [-0.2, -0.15) is 13.2 Å². The maximum absolute atomic E-state index is 12.3. The molecule has 0 radical (unpaired) electrons. The number of urea groups is 1. The summed E-state index contributed by atoms with van der Waals surface area (Å²) in [5, 5.41) is 2.12. The molecule has 2 amide bonds. The van der Waals surface area contributed by atoms with Crippen molar-refractivity contribution in [1.29, 1.82) is 0 Å². The van der Waals surface area contributed by atoms with Crippen LogP contribution in [0.25, 0.3) is 0 Å². The van der Waals surface area contributed by atoms with Crippen LogP contribution >= 0.6 is 0 Å². The highest BCUT2D eigenvalue weighted by molar-refractivity contribution is 5.88. The molecule has 1 aromatic rings. The number of nitrogens with one attached hydrogen (secondary N) is 1. The number of carbonyl (C=O) groups excluding carboxylic acids is 1. The van der Waals surface area contributed by atoms with Crippen molar-refractivity contribution in [2.75, 3.05) is 5.32 Å². The molecular formula is C9H9F3N2O. The van der Waals surface area contributed by atoms with E-state index in [-0.39, 0.29) is 5.69 Å². The highest BCUT2D eigenvalue weighted by atomic mass is 19.4. The van der Waals surface area contributed by atoms with E-state index >= 15 is 0 Å². The number of anilines is 1. The predicted octanol–water partition coefficient (Wildman–Crippen LogP) is 2.50. The Morgan fingerprint density at radius 1 is 1.40 bits per heavy atom. The molecule has 0 aliphatic carbocycles. The van der Waals surface area contributed by atoms with Gasteiger partial charge < -0.3 is 11.1 Å². The second-order valence-electron chi connectivity index (χ2n) is 3.02. The summed E-state index contributed by atoms with van der Waals surface area (Å²) in [6.45, 7) is 1.57. The first kappa shape index (κ1) is 11.4. The molecular weight excluding hydrogens is 209 g/mol. The Balaban J connectivity index is 3.11. The van der Waals surface area contributed by atoms with Crippen molar-refractivity contribution in [3.05, 3.63) is 29.3 Å². The quantitative estimate of drug-likeness (QED) is 0.747. The van der Waals surface area contributed by atoms with Gasteiger partial charge in [-0.05, 0) is 24.6 Å². The highest BCUT2D eigenvalue weighted by Gasteiger charge is 2.30. The Bertz CT molecular complexity index is 387. The first-order valence-electron chi connectivity index (χ1n) is 4.05. The van der Waals surface area contributed by atoms with Crippen LogP contribution in [0.5, 0.6) is 0 Å².